The summed E-state index contributed by atoms with van der Waals surface area (Å²) in [6.45, 7) is -0.182. The Balaban J connectivity index is 1.85. The van der Waals surface area contributed by atoms with Crippen molar-refractivity contribution in [2.24, 2.45) is 0 Å². The van der Waals surface area contributed by atoms with Crippen LogP contribution in [0.2, 0.25) is 5.02 Å². The van der Waals surface area contributed by atoms with Crippen LogP contribution in [0.4, 0.5) is 5.69 Å². The lowest BCUT2D eigenvalue weighted by atomic mass is 10.3. The zero-order chi connectivity index (χ0) is 20.0. The molecule has 0 radical (unpaired) electrons. The fraction of sp³-hybridized carbons (Fsp3) is 0.100. The number of aromatic nitrogens is 1. The first-order valence-electron chi connectivity index (χ1n) is 8.47. The molecule has 0 aliphatic heterocycles. The van der Waals surface area contributed by atoms with Crippen molar-refractivity contribution >= 4 is 33.2 Å². The molecule has 0 atom stereocenters. The molecule has 0 bridgehead atoms. The number of hydrogen-bond acceptors (Lipinski definition) is 4. The van der Waals surface area contributed by atoms with Crippen molar-refractivity contribution < 1.29 is 13.2 Å². The molecule has 0 fully saturated rings. The maximum absolute atomic E-state index is 13.1. The number of sulfonamides is 1. The molecule has 2 aromatic carbocycles. The van der Waals surface area contributed by atoms with E-state index in [0.717, 1.165) is 4.31 Å². The van der Waals surface area contributed by atoms with Crippen LogP contribution in [0.1, 0.15) is 5.69 Å². The molecule has 144 valence electrons. The summed E-state index contributed by atoms with van der Waals surface area (Å²) in [6.07, 6.45) is 1.62. The Bertz CT molecular complexity index is 1040. The van der Waals surface area contributed by atoms with E-state index >= 15 is 0 Å². The molecule has 1 amide bonds. The molecular weight excluding hydrogens is 398 g/mol. The van der Waals surface area contributed by atoms with Crippen LogP contribution < -0.4 is 9.62 Å². The van der Waals surface area contributed by atoms with Crippen LogP contribution in [0.5, 0.6) is 0 Å². The Labute approximate surface area is 168 Å². The second kappa shape index (κ2) is 8.86. The average molecular weight is 416 g/mol. The van der Waals surface area contributed by atoms with Gasteiger partial charge in [0.2, 0.25) is 5.91 Å². The topological polar surface area (TPSA) is 79.4 Å². The number of carbonyl (C=O) groups is 1. The smallest absolute Gasteiger partial charge is 0.264 e. The molecule has 0 unspecified atom stereocenters. The van der Waals surface area contributed by atoms with Crippen molar-refractivity contribution in [2.75, 3.05) is 10.8 Å². The van der Waals surface area contributed by atoms with Crippen LogP contribution in [0.15, 0.2) is 83.9 Å². The highest BCUT2D eigenvalue weighted by Crippen LogP contribution is 2.25. The van der Waals surface area contributed by atoms with E-state index in [4.69, 9.17) is 11.6 Å². The third kappa shape index (κ3) is 4.88. The van der Waals surface area contributed by atoms with E-state index in [2.05, 4.69) is 10.3 Å². The van der Waals surface area contributed by atoms with Gasteiger partial charge in [-0.1, -0.05) is 41.9 Å². The number of carbonyl (C=O) groups excluding carboxylic acids is 1. The monoisotopic (exact) mass is 415 g/mol. The molecule has 8 heteroatoms. The number of amides is 1. The summed E-state index contributed by atoms with van der Waals surface area (Å²) >= 11 is 6.03. The van der Waals surface area contributed by atoms with Crippen LogP contribution in [0.25, 0.3) is 0 Å². The predicted molar refractivity (Wildman–Crippen MR) is 109 cm³/mol. The van der Waals surface area contributed by atoms with Crippen molar-refractivity contribution in [1.82, 2.24) is 10.3 Å². The summed E-state index contributed by atoms with van der Waals surface area (Å²) in [4.78, 5) is 16.7. The molecule has 28 heavy (non-hydrogen) atoms. The second-order valence-electron chi connectivity index (χ2n) is 5.90. The highest BCUT2D eigenvalue weighted by molar-refractivity contribution is 7.92. The van der Waals surface area contributed by atoms with Crippen molar-refractivity contribution in [3.05, 3.63) is 89.7 Å². The molecule has 6 nitrogen and oxygen atoms in total. The first kappa shape index (κ1) is 19.9. The van der Waals surface area contributed by atoms with Gasteiger partial charge < -0.3 is 5.32 Å². The molecule has 1 aromatic heterocycles. The molecule has 0 aliphatic carbocycles. The second-order valence-corrected chi connectivity index (χ2v) is 8.20. The lowest BCUT2D eigenvalue weighted by molar-refractivity contribution is -0.119. The Morgan fingerprint density at radius 1 is 1.00 bits per heavy atom. The van der Waals surface area contributed by atoms with Crippen molar-refractivity contribution in [2.45, 2.75) is 11.4 Å². The Morgan fingerprint density at radius 2 is 1.75 bits per heavy atom. The number of hydrogen-bond donors (Lipinski definition) is 1. The third-order valence-corrected chi connectivity index (χ3v) is 5.93. The van der Waals surface area contributed by atoms with Crippen molar-refractivity contribution in [1.29, 1.82) is 0 Å². The minimum absolute atomic E-state index is 0.0903. The van der Waals surface area contributed by atoms with Crippen LogP contribution in [-0.4, -0.2) is 25.9 Å². The highest BCUT2D eigenvalue weighted by atomic mass is 35.5. The number of anilines is 1. The summed E-state index contributed by atoms with van der Waals surface area (Å²) in [6, 6.07) is 19.7. The first-order valence-corrected chi connectivity index (χ1v) is 10.3. The fourth-order valence-corrected chi connectivity index (χ4v) is 4.16. The molecule has 0 spiro atoms. The number of pyridine rings is 1. The molecule has 1 heterocycles. The molecule has 3 rings (SSSR count). The molecule has 0 saturated carbocycles. The zero-order valence-electron chi connectivity index (χ0n) is 14.8. The minimum atomic E-state index is -3.95. The average Bonchev–Trinajstić information content (AvgIpc) is 2.72. The minimum Gasteiger partial charge on any atom is -0.349 e. The summed E-state index contributed by atoms with van der Waals surface area (Å²) < 4.78 is 27.3. The van der Waals surface area contributed by atoms with Gasteiger partial charge in [0.15, 0.2) is 0 Å². The Morgan fingerprint density at radius 3 is 2.43 bits per heavy atom. The lowest BCUT2D eigenvalue weighted by Crippen LogP contribution is -2.40. The van der Waals surface area contributed by atoms with Gasteiger partial charge in [0, 0.05) is 11.2 Å². The molecule has 1 N–H and O–H groups in total. The quantitative estimate of drug-likeness (QED) is 0.642. The van der Waals surface area contributed by atoms with Gasteiger partial charge >= 0.3 is 0 Å². The van der Waals surface area contributed by atoms with Gasteiger partial charge in [-0.05, 0) is 42.5 Å². The van der Waals surface area contributed by atoms with Crippen LogP contribution in [-0.2, 0) is 21.4 Å². The van der Waals surface area contributed by atoms with Crippen molar-refractivity contribution in [3.63, 3.8) is 0 Å². The van der Waals surface area contributed by atoms with Gasteiger partial charge in [0.25, 0.3) is 10.0 Å². The van der Waals surface area contributed by atoms with E-state index < -0.39 is 15.9 Å². The third-order valence-electron chi connectivity index (χ3n) is 3.91. The van der Waals surface area contributed by atoms with E-state index in [-0.39, 0.29) is 18.0 Å². The van der Waals surface area contributed by atoms with Crippen LogP contribution in [0, 0.1) is 0 Å². The summed E-state index contributed by atoms with van der Waals surface area (Å²) in [5, 5.41) is 3.07. The van der Waals surface area contributed by atoms with Gasteiger partial charge in [0.05, 0.1) is 22.8 Å². The fourth-order valence-electron chi connectivity index (χ4n) is 2.54. The first-order chi connectivity index (χ1) is 13.5. The van der Waals surface area contributed by atoms with E-state index in [9.17, 15) is 13.2 Å². The summed E-state index contributed by atoms with van der Waals surface area (Å²) in [5.74, 6) is -0.454. The molecule has 0 saturated heterocycles. The predicted octanol–water partition coefficient (Wildman–Crippen LogP) is 3.25. The Kier molecular flexibility index (Phi) is 6.28. The highest BCUT2D eigenvalue weighted by Gasteiger charge is 2.27. The number of halogens is 1. The SMILES string of the molecule is O=C(CN(c1cccc(Cl)c1)S(=O)(=O)c1ccccc1)NCc1ccccn1. The summed E-state index contributed by atoms with van der Waals surface area (Å²) in [7, 11) is -3.95. The van der Waals surface area contributed by atoms with Crippen LogP contribution in [0.3, 0.4) is 0 Å². The molecular formula is C20H18ClN3O3S. The van der Waals surface area contributed by atoms with Gasteiger partial charge in [-0.15, -0.1) is 0 Å². The zero-order valence-corrected chi connectivity index (χ0v) is 16.4. The van der Waals surface area contributed by atoms with E-state index in [1.54, 1.807) is 54.7 Å². The molecule has 3 aromatic rings. The van der Waals surface area contributed by atoms with Crippen molar-refractivity contribution in [3.8, 4) is 0 Å². The number of rotatable bonds is 7. The van der Waals surface area contributed by atoms with E-state index in [0.29, 0.717) is 16.4 Å². The van der Waals surface area contributed by atoms with Gasteiger partial charge in [0.1, 0.15) is 6.54 Å². The maximum atomic E-state index is 13.1. The number of nitrogens with one attached hydrogen (secondary N) is 1. The van der Waals surface area contributed by atoms with E-state index in [1.807, 2.05) is 6.07 Å². The van der Waals surface area contributed by atoms with Gasteiger partial charge in [-0.2, -0.15) is 0 Å². The van der Waals surface area contributed by atoms with Crippen LogP contribution >= 0.6 is 11.6 Å². The normalized spacial score (nSPS) is 11.0. The Hall–Kier alpha value is -2.90. The number of benzene rings is 2. The lowest BCUT2D eigenvalue weighted by Gasteiger charge is -2.24. The largest absolute Gasteiger partial charge is 0.349 e. The standard InChI is InChI=1S/C20H18ClN3O3S/c21-16-7-6-9-18(13-16)24(28(26,27)19-10-2-1-3-11-19)15-20(25)23-14-17-8-4-5-12-22-17/h1-13H,14-15H2,(H,23,25). The summed E-state index contributed by atoms with van der Waals surface area (Å²) in [5.41, 5.74) is 0.986. The maximum Gasteiger partial charge on any atom is 0.264 e. The number of nitrogens with zero attached hydrogens (tertiary/aromatic N) is 2. The van der Waals surface area contributed by atoms with E-state index in [1.165, 1.54) is 18.2 Å². The van der Waals surface area contributed by atoms with Gasteiger partial charge in [-0.3, -0.25) is 14.1 Å². The molecule has 0 aliphatic rings. The van der Waals surface area contributed by atoms with Gasteiger partial charge in [-0.25, -0.2) is 8.42 Å².